The molecule has 0 spiro atoms. The van der Waals surface area contributed by atoms with Gasteiger partial charge >= 0.3 is 0 Å². The first-order valence-electron chi connectivity index (χ1n) is 6.12. The largest absolute Gasteiger partial charge is 0.381 e. The number of ether oxygens (including phenoxy) is 1. The number of aryl methyl sites for hydroxylation is 1. The molecule has 1 aromatic carbocycles. The first kappa shape index (κ1) is 12.9. The predicted molar refractivity (Wildman–Crippen MR) is 74.3 cm³/mol. The van der Waals surface area contributed by atoms with Crippen molar-refractivity contribution in [3.8, 4) is 5.69 Å². The van der Waals surface area contributed by atoms with Gasteiger partial charge in [0.2, 0.25) is 0 Å². The fourth-order valence-corrected chi connectivity index (χ4v) is 2.69. The molecule has 19 heavy (non-hydrogen) atoms. The standard InChI is InChI=1S/C13H13Cl2N3O/c1-8-16-13(9-4-5-19-7-9)17-18(8)12-3-2-10(14)6-11(12)15/h2-3,6,9H,4-5,7H2,1H3/t9-/m0/s1. The molecule has 1 atom stereocenters. The topological polar surface area (TPSA) is 39.9 Å². The Morgan fingerprint density at radius 3 is 2.89 bits per heavy atom. The van der Waals surface area contributed by atoms with Crippen LogP contribution in [0.5, 0.6) is 0 Å². The minimum Gasteiger partial charge on any atom is -0.381 e. The highest BCUT2D eigenvalue weighted by molar-refractivity contribution is 6.35. The molecule has 0 saturated carbocycles. The number of nitrogens with zero attached hydrogens (tertiary/aromatic N) is 3. The summed E-state index contributed by atoms with van der Waals surface area (Å²) in [5.41, 5.74) is 0.793. The Labute approximate surface area is 121 Å². The molecule has 1 fully saturated rings. The summed E-state index contributed by atoms with van der Waals surface area (Å²) < 4.78 is 7.13. The normalized spacial score (nSPS) is 19.0. The van der Waals surface area contributed by atoms with E-state index in [2.05, 4.69) is 10.1 Å². The highest BCUT2D eigenvalue weighted by atomic mass is 35.5. The monoisotopic (exact) mass is 297 g/mol. The number of hydrogen-bond donors (Lipinski definition) is 0. The zero-order chi connectivity index (χ0) is 13.4. The van der Waals surface area contributed by atoms with Crippen molar-refractivity contribution in [1.29, 1.82) is 0 Å². The van der Waals surface area contributed by atoms with Gasteiger partial charge in [0, 0.05) is 17.5 Å². The van der Waals surface area contributed by atoms with E-state index in [1.54, 1.807) is 16.8 Å². The molecule has 1 aromatic heterocycles. The fourth-order valence-electron chi connectivity index (χ4n) is 2.20. The van der Waals surface area contributed by atoms with Crippen molar-refractivity contribution in [3.63, 3.8) is 0 Å². The van der Waals surface area contributed by atoms with Crippen LogP contribution < -0.4 is 0 Å². The van der Waals surface area contributed by atoms with Gasteiger partial charge < -0.3 is 4.74 Å². The maximum Gasteiger partial charge on any atom is 0.156 e. The Morgan fingerprint density at radius 1 is 1.37 bits per heavy atom. The van der Waals surface area contributed by atoms with Crippen molar-refractivity contribution in [2.75, 3.05) is 13.2 Å². The summed E-state index contributed by atoms with van der Waals surface area (Å²) in [6.07, 6.45) is 0.970. The van der Waals surface area contributed by atoms with Crippen LogP contribution in [0.1, 0.15) is 24.0 Å². The van der Waals surface area contributed by atoms with E-state index in [-0.39, 0.29) is 5.92 Å². The van der Waals surface area contributed by atoms with Crippen molar-refractivity contribution >= 4 is 23.2 Å². The lowest BCUT2D eigenvalue weighted by Gasteiger charge is -2.06. The average molecular weight is 298 g/mol. The van der Waals surface area contributed by atoms with Crippen molar-refractivity contribution in [1.82, 2.24) is 14.8 Å². The molecule has 3 rings (SSSR count). The molecule has 0 radical (unpaired) electrons. The highest BCUT2D eigenvalue weighted by Crippen LogP contribution is 2.27. The molecule has 0 bridgehead atoms. The quantitative estimate of drug-likeness (QED) is 0.853. The van der Waals surface area contributed by atoms with E-state index in [1.165, 1.54) is 0 Å². The first-order valence-corrected chi connectivity index (χ1v) is 6.87. The third-order valence-corrected chi connectivity index (χ3v) is 3.76. The van der Waals surface area contributed by atoms with E-state index in [0.29, 0.717) is 16.7 Å². The van der Waals surface area contributed by atoms with Crippen LogP contribution in [0, 0.1) is 6.92 Å². The van der Waals surface area contributed by atoms with Gasteiger partial charge in [0.1, 0.15) is 5.82 Å². The van der Waals surface area contributed by atoms with Gasteiger partial charge in [0.15, 0.2) is 5.82 Å². The van der Waals surface area contributed by atoms with Crippen LogP contribution in [0.25, 0.3) is 5.69 Å². The van der Waals surface area contributed by atoms with E-state index < -0.39 is 0 Å². The lowest BCUT2D eigenvalue weighted by molar-refractivity contribution is 0.193. The molecule has 2 heterocycles. The molecule has 6 heteroatoms. The van der Waals surface area contributed by atoms with Crippen LogP contribution in [-0.4, -0.2) is 28.0 Å². The number of hydrogen-bond acceptors (Lipinski definition) is 3. The molecule has 0 unspecified atom stereocenters. The molecular weight excluding hydrogens is 285 g/mol. The van der Waals surface area contributed by atoms with Crippen LogP contribution in [0.15, 0.2) is 18.2 Å². The highest BCUT2D eigenvalue weighted by Gasteiger charge is 2.23. The van der Waals surface area contributed by atoms with E-state index >= 15 is 0 Å². The molecule has 2 aromatic rings. The molecular formula is C13H13Cl2N3O. The van der Waals surface area contributed by atoms with Gasteiger partial charge in [-0.2, -0.15) is 5.10 Å². The van der Waals surface area contributed by atoms with Gasteiger partial charge in [-0.15, -0.1) is 0 Å². The van der Waals surface area contributed by atoms with Gasteiger partial charge in [0.05, 0.1) is 17.3 Å². The van der Waals surface area contributed by atoms with Gasteiger partial charge in [-0.3, -0.25) is 0 Å². The summed E-state index contributed by atoms with van der Waals surface area (Å²) >= 11 is 12.1. The molecule has 4 nitrogen and oxygen atoms in total. The Balaban J connectivity index is 2.00. The maximum atomic E-state index is 6.21. The Hall–Kier alpha value is -1.10. The van der Waals surface area contributed by atoms with Crippen molar-refractivity contribution in [2.24, 2.45) is 0 Å². The lowest BCUT2D eigenvalue weighted by Crippen LogP contribution is -2.03. The minimum atomic E-state index is 0.283. The molecule has 100 valence electrons. The Kier molecular flexibility index (Phi) is 3.48. The Morgan fingerprint density at radius 2 is 2.21 bits per heavy atom. The van der Waals surface area contributed by atoms with Crippen LogP contribution in [0.3, 0.4) is 0 Å². The molecule has 1 aliphatic heterocycles. The van der Waals surface area contributed by atoms with Crippen LogP contribution >= 0.6 is 23.2 Å². The molecule has 0 amide bonds. The zero-order valence-electron chi connectivity index (χ0n) is 10.4. The summed E-state index contributed by atoms with van der Waals surface area (Å²) in [4.78, 5) is 4.51. The SMILES string of the molecule is Cc1nc([C@H]2CCOC2)nn1-c1ccc(Cl)cc1Cl. The Bertz CT molecular complexity index is 606. The molecule has 0 aliphatic carbocycles. The minimum absolute atomic E-state index is 0.283. The number of aromatic nitrogens is 3. The van der Waals surface area contributed by atoms with Crippen LogP contribution in [0.4, 0.5) is 0 Å². The number of benzene rings is 1. The predicted octanol–water partition coefficient (Wildman–Crippen LogP) is 3.39. The van der Waals surface area contributed by atoms with Gasteiger partial charge in [0.25, 0.3) is 0 Å². The second-order valence-electron chi connectivity index (χ2n) is 4.59. The summed E-state index contributed by atoms with van der Waals surface area (Å²) in [5.74, 6) is 1.91. The van der Waals surface area contributed by atoms with E-state index in [4.69, 9.17) is 27.9 Å². The van der Waals surface area contributed by atoms with E-state index in [1.807, 2.05) is 13.0 Å². The van der Waals surface area contributed by atoms with E-state index in [0.717, 1.165) is 30.4 Å². The van der Waals surface area contributed by atoms with Crippen molar-refractivity contribution in [2.45, 2.75) is 19.3 Å². The van der Waals surface area contributed by atoms with Crippen molar-refractivity contribution in [3.05, 3.63) is 39.9 Å². The summed E-state index contributed by atoms with van der Waals surface area (Å²) in [5, 5.41) is 5.72. The average Bonchev–Trinajstić information content (AvgIpc) is 2.98. The van der Waals surface area contributed by atoms with E-state index in [9.17, 15) is 0 Å². The van der Waals surface area contributed by atoms with Gasteiger partial charge in [-0.1, -0.05) is 23.2 Å². The maximum absolute atomic E-state index is 6.21. The lowest BCUT2D eigenvalue weighted by atomic mass is 10.1. The summed E-state index contributed by atoms with van der Waals surface area (Å²) in [7, 11) is 0. The van der Waals surface area contributed by atoms with Crippen LogP contribution in [0.2, 0.25) is 10.0 Å². The number of rotatable bonds is 2. The smallest absolute Gasteiger partial charge is 0.156 e. The zero-order valence-corrected chi connectivity index (χ0v) is 11.9. The second kappa shape index (κ2) is 5.12. The second-order valence-corrected chi connectivity index (χ2v) is 5.43. The van der Waals surface area contributed by atoms with Crippen molar-refractivity contribution < 1.29 is 4.74 Å². The molecule has 1 aliphatic rings. The summed E-state index contributed by atoms with van der Waals surface area (Å²) in [6.45, 7) is 3.38. The third kappa shape index (κ3) is 2.48. The fraction of sp³-hybridized carbons (Fsp3) is 0.385. The van der Waals surface area contributed by atoms with Gasteiger partial charge in [-0.25, -0.2) is 9.67 Å². The summed E-state index contributed by atoms with van der Waals surface area (Å²) in [6, 6.07) is 5.35. The first-order chi connectivity index (χ1) is 9.15. The van der Waals surface area contributed by atoms with Gasteiger partial charge in [-0.05, 0) is 31.5 Å². The van der Waals surface area contributed by atoms with Crippen LogP contribution in [-0.2, 0) is 4.74 Å². The number of halogens is 2. The molecule has 1 saturated heterocycles. The third-order valence-electron chi connectivity index (χ3n) is 3.22. The molecule has 0 N–H and O–H groups in total.